The van der Waals surface area contributed by atoms with Crippen LogP contribution in [-0.2, 0) is 8.85 Å². The fourth-order valence-electron chi connectivity index (χ4n) is 10.1. The van der Waals surface area contributed by atoms with Crippen molar-refractivity contribution in [1.82, 2.24) is 0 Å². The highest BCUT2D eigenvalue weighted by atomic mass is 127. The summed E-state index contributed by atoms with van der Waals surface area (Å²) in [4.78, 5) is 0. The summed E-state index contributed by atoms with van der Waals surface area (Å²) in [6.07, 6.45) is -131. The monoisotopic (exact) mass is 2030 g/mol. The van der Waals surface area contributed by atoms with E-state index in [9.17, 15) is 61.5 Å². The summed E-state index contributed by atoms with van der Waals surface area (Å²) in [5.74, 6) is -156. The van der Waals surface area contributed by atoms with Crippen LogP contribution >= 0.6 is 22.6 Å². The van der Waals surface area contributed by atoms with E-state index < -0.39 is 308 Å². The van der Waals surface area contributed by atoms with E-state index in [1.165, 1.54) is 4.43 Å². The average Bonchev–Trinajstić information content (AvgIpc) is 0.641. The van der Waals surface area contributed by atoms with E-state index in [0.717, 1.165) is 0 Å². The Bertz CT molecular complexity index is 3980. The molecule has 2 aromatic rings. The lowest BCUT2D eigenvalue weighted by atomic mass is 9.79. The number of halogens is 67. The number of rotatable bonds is 21. The molecule has 0 spiro atoms. The van der Waals surface area contributed by atoms with Crippen molar-refractivity contribution >= 4 is 49.6 Å². The Labute approximate surface area is 606 Å². The highest BCUT2D eigenvalue weighted by molar-refractivity contribution is 14.1. The number of alkyl halides is 53. The van der Waals surface area contributed by atoms with Crippen LogP contribution in [0.2, 0.25) is 5.04 Å². The topological polar surface area (TPSA) is 18.5 Å². The second-order valence-corrected chi connectivity index (χ2v) is 29.6. The van der Waals surface area contributed by atoms with Gasteiger partial charge in [0.15, 0.2) is 62.0 Å². The third-order valence-electron chi connectivity index (χ3n) is 15.3. The largest absolute Gasteiger partial charge is 0.460 e. The Morgan fingerprint density at radius 1 is 0.325 bits per heavy atom. The van der Waals surface area contributed by atoms with Crippen molar-refractivity contribution in [2.45, 2.75) is 156 Å². The van der Waals surface area contributed by atoms with Crippen molar-refractivity contribution in [3.05, 3.63) is 102 Å². The molecule has 3 atom stereocenters. The maximum Gasteiger partial charge on any atom is 0.460 e. The second-order valence-electron chi connectivity index (χ2n) is 21.8. The van der Waals surface area contributed by atoms with Crippen LogP contribution in [0.3, 0.4) is 0 Å². The zero-order valence-corrected chi connectivity index (χ0v) is 55.4. The van der Waals surface area contributed by atoms with E-state index in [2.05, 4.69) is 0 Å². The summed E-state index contributed by atoms with van der Waals surface area (Å²) in [6, 6.07) is 0. The van der Waals surface area contributed by atoms with Crippen LogP contribution in [0.5, 0.6) is 0 Å². The molecule has 0 bridgehead atoms. The molecule has 3 unspecified atom stereocenters. The molecule has 2 aromatic carbocycles. The van der Waals surface area contributed by atoms with E-state index in [1.54, 1.807) is 0 Å². The van der Waals surface area contributed by atoms with Gasteiger partial charge < -0.3 is 8.85 Å². The standard InChI is InChI=1S/C46H7F66IO2Si2/c1-3-4(2)25(64,114-117(35(82,42(99,100)101)43(102,103)104,36(83,44(105,106)107)45(108,109)110)46(111,112)33(79,80)31(75,76)32(77,78)41(96,97)98)29(74,37(84,85)86)34(81,24(62,63)21(58)5(26(65,66)67)6(47)19(27(68,69)70)23(60,61)20(22(59)113)28(71,72)73)115-116(17-13(54)9(50)7(48)10(51)14(17)55,18-15(56)11(52)8(49)12(53)16(18)57)30(38(87,88)89,39(90,91)92)40(93,94)95/h3H,1-2H3/b4-3+,19-6+,21-5+,22-20+. The zero-order valence-electron chi connectivity index (χ0n) is 51.2. The van der Waals surface area contributed by atoms with E-state index in [1.807, 2.05) is 0 Å². The van der Waals surface area contributed by atoms with Crippen LogP contribution in [0.1, 0.15) is 13.8 Å². The van der Waals surface area contributed by atoms with Crippen LogP contribution < -0.4 is 10.4 Å². The minimum atomic E-state index is -16.5. The summed E-state index contributed by atoms with van der Waals surface area (Å²) >= 11 is -1.31. The minimum absolute atomic E-state index is 0.681. The van der Waals surface area contributed by atoms with Gasteiger partial charge in [-0.15, -0.1) is 0 Å². The smallest absolute Gasteiger partial charge is 0.367 e. The Morgan fingerprint density at radius 3 is 0.812 bits per heavy atom. The predicted molar refractivity (Wildman–Crippen MR) is 247 cm³/mol. The highest BCUT2D eigenvalue weighted by Gasteiger charge is 3.11. The number of hydrogen-bond donors (Lipinski definition) is 0. The Morgan fingerprint density at radius 2 is 0.598 bits per heavy atom. The van der Waals surface area contributed by atoms with Gasteiger partial charge in [0.1, 0.15) is 16.7 Å². The zero-order chi connectivity index (χ0) is 95.1. The average molecular weight is 2030 g/mol. The third kappa shape index (κ3) is 14.5. The summed E-state index contributed by atoms with van der Waals surface area (Å²) in [5.41, 5.74) is -52.3. The third-order valence-corrected chi connectivity index (χ3v) is 25.4. The van der Waals surface area contributed by atoms with Gasteiger partial charge in [0, 0.05) is 0 Å². The Balaban J connectivity index is 5.22. The quantitative estimate of drug-likeness (QED) is 0.0236. The number of benzene rings is 2. The van der Waals surface area contributed by atoms with Crippen molar-refractivity contribution in [1.29, 1.82) is 0 Å². The lowest BCUT2D eigenvalue weighted by Crippen LogP contribution is -2.96. The van der Waals surface area contributed by atoms with Crippen LogP contribution in [0.4, 0.5) is 290 Å². The molecule has 680 valence electrons. The molecule has 0 saturated carbocycles. The first-order chi connectivity index (χ1) is 50.4. The fraction of sp³-hybridized carbons (Fsp3) is 0.565. The van der Waals surface area contributed by atoms with Crippen LogP contribution in [0.25, 0.3) is 0 Å². The van der Waals surface area contributed by atoms with Crippen LogP contribution in [0, 0.1) is 58.2 Å². The van der Waals surface area contributed by atoms with Crippen molar-refractivity contribution < 1.29 is 299 Å². The highest BCUT2D eigenvalue weighted by Crippen LogP contribution is 2.77. The first kappa shape index (κ1) is 107. The van der Waals surface area contributed by atoms with Crippen molar-refractivity contribution in [2.75, 3.05) is 0 Å². The molecule has 71 heteroatoms. The summed E-state index contributed by atoms with van der Waals surface area (Å²) in [6.45, 7) is -4.84. The lowest BCUT2D eigenvalue weighted by Gasteiger charge is -2.59. The number of hydrogen-bond acceptors (Lipinski definition) is 2. The summed E-state index contributed by atoms with van der Waals surface area (Å²) in [5, 5.41) is -51.0. The SMILES string of the molecule is C/C=C(\C)C(F)(O[Si](C(F)(F)C(F)(F)C(F)(F)C(F)(F)C(F)(F)F)(C(F)(C(F)(F)F)C(F)(F)F)C(F)(C(F)(F)F)C(F)(F)F)C(F)(C(F)(F)F)C(F)(O[Si](c1c(F)c(F)c(F)c(F)c1F)(c1c(F)c(F)c(F)c(F)c1F)C(C(F)(F)F)(C(F)(F)F)C(F)(F)F)C(F)(F)/C(F)=C(/C(F)=C(\C(F)(F)F)C(F)(F)/C(=C(/F)I)C(F)(F)F)C(F)(F)F. The van der Waals surface area contributed by atoms with Gasteiger partial charge in [-0.3, -0.25) is 0 Å². The molecular formula is C46H7F66IO2Si2. The van der Waals surface area contributed by atoms with Gasteiger partial charge in [0.2, 0.25) is 11.6 Å². The van der Waals surface area contributed by atoms with Crippen molar-refractivity contribution in [3.63, 3.8) is 0 Å². The van der Waals surface area contributed by atoms with Crippen LogP contribution in [0.15, 0.2) is 43.9 Å². The fourth-order valence-corrected chi connectivity index (χ4v) is 20.3. The lowest BCUT2D eigenvalue weighted by molar-refractivity contribution is -0.432. The molecule has 0 radical (unpaired) electrons. The van der Waals surface area contributed by atoms with Gasteiger partial charge in [-0.1, -0.05) is 6.08 Å². The summed E-state index contributed by atoms with van der Waals surface area (Å²) in [7, 11) is -31.3. The van der Waals surface area contributed by atoms with Crippen molar-refractivity contribution in [3.8, 4) is 0 Å². The van der Waals surface area contributed by atoms with Gasteiger partial charge in [-0.05, 0) is 42.0 Å². The normalized spacial score (nSPS) is 18.0. The predicted octanol–water partition coefficient (Wildman–Crippen LogP) is 24.5. The maximum atomic E-state index is 19.6. The molecule has 0 fully saturated rings. The molecular weight excluding hydrogens is 2020 g/mol. The molecule has 0 N–H and O–H groups in total. The Hall–Kier alpha value is -6.14. The molecule has 0 aliphatic heterocycles. The van der Waals surface area contributed by atoms with Crippen molar-refractivity contribution in [2.24, 2.45) is 0 Å². The molecule has 2 nitrogen and oxygen atoms in total. The first-order valence-corrected chi connectivity index (χ1v) is 30.7. The second kappa shape index (κ2) is 29.6. The molecule has 0 amide bonds. The molecule has 0 saturated heterocycles. The molecule has 0 heterocycles. The molecule has 117 heavy (non-hydrogen) atoms. The van der Waals surface area contributed by atoms with E-state index >= 15 is 228 Å². The van der Waals surface area contributed by atoms with Gasteiger partial charge in [0.05, 0.1) is 10.4 Å². The van der Waals surface area contributed by atoms with E-state index in [-0.39, 0.29) is 0 Å². The van der Waals surface area contributed by atoms with Gasteiger partial charge in [-0.2, -0.15) is 206 Å². The molecule has 0 aromatic heterocycles. The maximum absolute atomic E-state index is 19.6. The van der Waals surface area contributed by atoms with E-state index in [4.69, 9.17) is 0 Å². The summed E-state index contributed by atoms with van der Waals surface area (Å²) < 4.78 is 1030. The molecule has 2 rings (SSSR count). The van der Waals surface area contributed by atoms with Gasteiger partial charge in [-0.25, -0.2) is 83.4 Å². The Kier molecular flexibility index (Phi) is 27.0. The molecule has 0 aliphatic carbocycles. The van der Waals surface area contributed by atoms with Gasteiger partial charge >= 0.3 is 148 Å². The van der Waals surface area contributed by atoms with Crippen LogP contribution in [-0.4, -0.2) is 154 Å². The van der Waals surface area contributed by atoms with Gasteiger partial charge in [0.25, 0.3) is 10.9 Å². The van der Waals surface area contributed by atoms with E-state index in [0.29, 0.717) is 4.43 Å². The first-order valence-electron chi connectivity index (χ1n) is 25.8. The minimum Gasteiger partial charge on any atom is -0.367 e. The molecule has 0 aliphatic rings. The number of allylic oxidation sites excluding steroid dienone is 5.